The van der Waals surface area contributed by atoms with E-state index in [4.69, 9.17) is 10.5 Å². The van der Waals surface area contributed by atoms with Gasteiger partial charge in [0.05, 0.1) is 17.9 Å². The second-order valence-corrected chi connectivity index (χ2v) is 6.33. The number of ketones is 1. The van der Waals surface area contributed by atoms with Crippen molar-refractivity contribution in [1.29, 1.82) is 0 Å². The number of halogens is 2. The Balaban J connectivity index is 2.18. The number of nitrogen functional groups attached to an aromatic ring is 1. The van der Waals surface area contributed by atoms with Crippen LogP contribution in [0.25, 0.3) is 10.2 Å². The molecule has 0 saturated heterocycles. The summed E-state index contributed by atoms with van der Waals surface area (Å²) in [6, 6.07) is 4.67. The minimum absolute atomic E-state index is 0.186. The first kappa shape index (κ1) is 16.5. The van der Waals surface area contributed by atoms with Crippen LogP contribution in [-0.2, 0) is 11.3 Å². The second kappa shape index (κ2) is 6.26. The molecule has 0 saturated carbocycles. The van der Waals surface area contributed by atoms with Gasteiger partial charge in [0.15, 0.2) is 0 Å². The Labute approximate surface area is 140 Å². The largest absolute Gasteiger partial charge is 0.397 e. The molecule has 24 heavy (non-hydrogen) atoms. The molecule has 0 fully saturated rings. The number of carbonyl (C=O) groups excluding carboxylic acids is 1. The summed E-state index contributed by atoms with van der Waals surface area (Å²) in [7, 11) is 1.56. The maximum atomic E-state index is 13.9. The number of benzene rings is 1. The number of pyridine rings is 1. The lowest BCUT2D eigenvalue weighted by atomic mass is 10.1. The molecule has 0 radical (unpaired) electrons. The Hall–Kier alpha value is -2.38. The predicted octanol–water partition coefficient (Wildman–Crippen LogP) is 3.84. The molecule has 3 aromatic rings. The molecule has 0 aliphatic heterocycles. The lowest BCUT2D eigenvalue weighted by Crippen LogP contribution is -2.05. The quantitative estimate of drug-likeness (QED) is 0.728. The monoisotopic (exact) mass is 348 g/mol. The Morgan fingerprint density at radius 2 is 2.08 bits per heavy atom. The van der Waals surface area contributed by atoms with Crippen molar-refractivity contribution in [1.82, 2.24) is 4.98 Å². The highest BCUT2D eigenvalue weighted by Gasteiger charge is 2.23. The summed E-state index contributed by atoms with van der Waals surface area (Å²) in [5.74, 6) is -2.25. The van der Waals surface area contributed by atoms with Crippen LogP contribution in [0, 0.1) is 18.6 Å². The fourth-order valence-electron chi connectivity index (χ4n) is 2.57. The van der Waals surface area contributed by atoms with Crippen molar-refractivity contribution in [3.63, 3.8) is 0 Å². The second-order valence-electron chi connectivity index (χ2n) is 5.33. The number of fused-ring (bicyclic) bond motifs is 1. The van der Waals surface area contributed by atoms with Gasteiger partial charge in [-0.15, -0.1) is 11.3 Å². The van der Waals surface area contributed by atoms with E-state index in [1.54, 1.807) is 7.11 Å². The van der Waals surface area contributed by atoms with E-state index in [1.165, 1.54) is 0 Å². The molecule has 1 aromatic carbocycles. The van der Waals surface area contributed by atoms with Gasteiger partial charge in [0, 0.05) is 24.3 Å². The summed E-state index contributed by atoms with van der Waals surface area (Å²) >= 11 is 1.09. The van der Waals surface area contributed by atoms with Gasteiger partial charge in [-0.25, -0.2) is 13.8 Å². The van der Waals surface area contributed by atoms with E-state index >= 15 is 0 Å². The first-order valence-corrected chi connectivity index (χ1v) is 7.91. The van der Waals surface area contributed by atoms with Crippen LogP contribution in [0.4, 0.5) is 14.5 Å². The molecule has 7 heteroatoms. The minimum atomic E-state index is -0.918. The average molecular weight is 348 g/mol. The van der Waals surface area contributed by atoms with Crippen molar-refractivity contribution in [2.45, 2.75) is 13.5 Å². The molecule has 124 valence electrons. The predicted molar refractivity (Wildman–Crippen MR) is 89.3 cm³/mol. The van der Waals surface area contributed by atoms with Crippen LogP contribution in [0.5, 0.6) is 0 Å². The summed E-state index contributed by atoms with van der Waals surface area (Å²) in [5, 5.41) is 0.637. The Kier molecular flexibility index (Phi) is 4.29. The molecule has 0 atom stereocenters. The summed E-state index contributed by atoms with van der Waals surface area (Å²) in [6.07, 6.45) is 0. The number of rotatable bonds is 4. The van der Waals surface area contributed by atoms with Crippen LogP contribution in [0.15, 0.2) is 24.3 Å². The lowest BCUT2D eigenvalue weighted by molar-refractivity contribution is 0.103. The van der Waals surface area contributed by atoms with Crippen LogP contribution in [0.1, 0.15) is 26.5 Å². The molecule has 2 N–H and O–H groups in total. The Morgan fingerprint density at radius 3 is 2.75 bits per heavy atom. The van der Waals surface area contributed by atoms with E-state index in [9.17, 15) is 13.6 Å². The molecule has 4 nitrogen and oxygen atoms in total. The summed E-state index contributed by atoms with van der Waals surface area (Å²) in [4.78, 5) is 17.8. The maximum absolute atomic E-state index is 13.9. The van der Waals surface area contributed by atoms with Crippen LogP contribution in [0.3, 0.4) is 0 Å². The number of hydrogen-bond acceptors (Lipinski definition) is 5. The van der Waals surface area contributed by atoms with Gasteiger partial charge in [-0.2, -0.15) is 0 Å². The number of methoxy groups -OCH3 is 1. The lowest BCUT2D eigenvalue weighted by Gasteiger charge is -2.05. The van der Waals surface area contributed by atoms with E-state index in [0.29, 0.717) is 22.9 Å². The Morgan fingerprint density at radius 1 is 1.33 bits per heavy atom. The normalized spacial score (nSPS) is 11.2. The fourth-order valence-corrected chi connectivity index (χ4v) is 3.71. The number of anilines is 1. The van der Waals surface area contributed by atoms with Crippen molar-refractivity contribution >= 4 is 33.0 Å². The van der Waals surface area contributed by atoms with Crippen molar-refractivity contribution < 1.29 is 18.3 Å². The minimum Gasteiger partial charge on any atom is -0.397 e. The molecular formula is C17H14F2N2O2S. The number of carbonyl (C=O) groups is 1. The number of nitrogens with zero attached hydrogens (tertiary/aromatic N) is 1. The highest BCUT2D eigenvalue weighted by molar-refractivity contribution is 7.21. The van der Waals surface area contributed by atoms with Crippen LogP contribution in [0.2, 0.25) is 0 Å². The van der Waals surface area contributed by atoms with Crippen molar-refractivity contribution in [2.24, 2.45) is 0 Å². The molecule has 2 aromatic heterocycles. The number of hydrogen-bond donors (Lipinski definition) is 1. The molecule has 0 bridgehead atoms. The van der Waals surface area contributed by atoms with Crippen LogP contribution >= 0.6 is 11.3 Å². The molecule has 0 aliphatic carbocycles. The zero-order valence-electron chi connectivity index (χ0n) is 13.0. The van der Waals surface area contributed by atoms with Gasteiger partial charge in [0.25, 0.3) is 0 Å². The first-order valence-electron chi connectivity index (χ1n) is 7.09. The molecule has 2 heterocycles. The fraction of sp³-hybridized carbons (Fsp3) is 0.176. The summed E-state index contributed by atoms with van der Waals surface area (Å²) < 4.78 is 32.1. The SMILES string of the molecule is COCc1cc(C)nc2sc(C(=O)c3ccc(F)cc3F)c(N)c12. The third-order valence-electron chi connectivity index (χ3n) is 3.59. The third kappa shape index (κ3) is 2.76. The summed E-state index contributed by atoms with van der Waals surface area (Å²) in [5.41, 5.74) is 7.73. The highest BCUT2D eigenvalue weighted by atomic mass is 32.1. The van der Waals surface area contributed by atoms with Gasteiger partial charge in [-0.1, -0.05) is 0 Å². The van der Waals surface area contributed by atoms with Gasteiger partial charge >= 0.3 is 0 Å². The van der Waals surface area contributed by atoms with Gasteiger partial charge < -0.3 is 10.5 Å². The van der Waals surface area contributed by atoms with E-state index in [-0.39, 0.29) is 16.1 Å². The molecular weight excluding hydrogens is 334 g/mol. The molecule has 0 aliphatic rings. The van der Waals surface area contributed by atoms with Gasteiger partial charge in [-0.3, -0.25) is 4.79 Å². The van der Waals surface area contributed by atoms with Gasteiger partial charge in [0.1, 0.15) is 21.3 Å². The number of aryl methyl sites for hydroxylation is 1. The van der Waals surface area contributed by atoms with E-state index in [2.05, 4.69) is 4.98 Å². The number of aromatic nitrogens is 1. The number of thiophene rings is 1. The van der Waals surface area contributed by atoms with E-state index in [1.807, 2.05) is 13.0 Å². The van der Waals surface area contributed by atoms with E-state index in [0.717, 1.165) is 34.7 Å². The molecule has 0 unspecified atom stereocenters. The average Bonchev–Trinajstić information content (AvgIpc) is 2.83. The van der Waals surface area contributed by atoms with Crippen molar-refractivity contribution in [2.75, 3.05) is 12.8 Å². The van der Waals surface area contributed by atoms with Crippen LogP contribution < -0.4 is 5.73 Å². The van der Waals surface area contributed by atoms with Crippen molar-refractivity contribution in [3.05, 3.63) is 57.6 Å². The highest BCUT2D eigenvalue weighted by Crippen LogP contribution is 2.37. The topological polar surface area (TPSA) is 65.2 Å². The first-order chi connectivity index (χ1) is 11.4. The van der Waals surface area contributed by atoms with Crippen LogP contribution in [-0.4, -0.2) is 17.9 Å². The molecule has 0 spiro atoms. The number of nitrogens with two attached hydrogens (primary N) is 1. The summed E-state index contributed by atoms with van der Waals surface area (Å²) in [6.45, 7) is 2.15. The van der Waals surface area contributed by atoms with E-state index < -0.39 is 17.4 Å². The standard InChI is InChI=1S/C17H14F2N2O2S/c1-8-5-9(7-23-2)13-14(20)16(24-17(13)21-8)15(22)11-4-3-10(18)6-12(11)19/h3-6H,7,20H2,1-2H3. The smallest absolute Gasteiger partial charge is 0.208 e. The Bertz CT molecular complexity index is 953. The molecule has 3 rings (SSSR count). The zero-order valence-corrected chi connectivity index (χ0v) is 13.8. The van der Waals surface area contributed by atoms with Gasteiger partial charge in [-0.05, 0) is 30.7 Å². The third-order valence-corrected chi connectivity index (χ3v) is 4.69. The van der Waals surface area contributed by atoms with Crippen molar-refractivity contribution in [3.8, 4) is 0 Å². The molecule has 0 amide bonds. The maximum Gasteiger partial charge on any atom is 0.208 e. The zero-order chi connectivity index (χ0) is 17.4. The van der Waals surface area contributed by atoms with Gasteiger partial charge in [0.2, 0.25) is 5.78 Å². The number of ether oxygens (including phenoxy) is 1.